The Bertz CT molecular complexity index is 1230. The van der Waals surface area contributed by atoms with Crippen LogP contribution in [0.3, 0.4) is 0 Å². The minimum Gasteiger partial charge on any atom is -0.444 e. The molecule has 2 atom stereocenters. The van der Waals surface area contributed by atoms with Crippen molar-refractivity contribution in [1.82, 2.24) is 4.90 Å². The summed E-state index contributed by atoms with van der Waals surface area (Å²) >= 11 is 0. The predicted molar refractivity (Wildman–Crippen MR) is 141 cm³/mol. The zero-order chi connectivity index (χ0) is 25.5. The third-order valence-corrected chi connectivity index (χ3v) is 7.58. The molecular weight excluding hydrogens is 451 g/mol. The quantitative estimate of drug-likeness (QED) is 0.361. The zero-order valence-electron chi connectivity index (χ0n) is 21.4. The largest absolute Gasteiger partial charge is 0.444 e. The monoisotopic (exact) mass is 484 g/mol. The van der Waals surface area contributed by atoms with Crippen molar-refractivity contribution in [1.29, 1.82) is 0 Å². The normalized spacial score (nSPS) is 22.6. The van der Waals surface area contributed by atoms with Crippen molar-refractivity contribution in [2.24, 2.45) is 16.8 Å². The molecule has 0 radical (unpaired) electrons. The summed E-state index contributed by atoms with van der Waals surface area (Å²) in [6.45, 7) is 9.18. The average Bonchev–Trinajstić information content (AvgIpc) is 3.23. The number of likely N-dealkylation sites (tertiary alicyclic amines) is 1. The van der Waals surface area contributed by atoms with Gasteiger partial charge in [0.25, 0.3) is 0 Å². The summed E-state index contributed by atoms with van der Waals surface area (Å²) < 4.78 is 20.7. The summed E-state index contributed by atoms with van der Waals surface area (Å²) in [6, 6.07) is 25.1. The van der Waals surface area contributed by atoms with Gasteiger partial charge < -0.3 is 9.64 Å². The van der Waals surface area contributed by atoms with Crippen LogP contribution in [0.5, 0.6) is 0 Å². The van der Waals surface area contributed by atoms with E-state index in [0.29, 0.717) is 30.6 Å². The molecule has 1 aliphatic heterocycles. The summed E-state index contributed by atoms with van der Waals surface area (Å²) in [4.78, 5) is 19.3. The van der Waals surface area contributed by atoms with Crippen molar-refractivity contribution in [3.63, 3.8) is 0 Å². The molecule has 0 bridgehead atoms. The summed E-state index contributed by atoms with van der Waals surface area (Å²) in [6.07, 6.45) is 0.684. The molecular formula is C31H33FN2O2. The molecule has 1 heterocycles. The third kappa shape index (κ3) is 4.43. The molecule has 2 aliphatic rings. The molecule has 186 valence electrons. The SMILES string of the molecule is CCC1(c2ccc(F)c(N=C(c3ccccc3)c3ccccc3)c2)C2CN(C(=O)OC(C)(C)C)CC21. The molecule has 1 saturated carbocycles. The molecule has 0 spiro atoms. The van der Waals surface area contributed by atoms with E-state index < -0.39 is 5.60 Å². The predicted octanol–water partition coefficient (Wildman–Crippen LogP) is 7.14. The Morgan fingerprint density at radius 2 is 1.53 bits per heavy atom. The highest BCUT2D eigenvalue weighted by Crippen LogP contribution is 2.65. The van der Waals surface area contributed by atoms with Crippen LogP contribution in [0.4, 0.5) is 14.9 Å². The van der Waals surface area contributed by atoms with Crippen LogP contribution in [0, 0.1) is 17.7 Å². The fourth-order valence-corrected chi connectivity index (χ4v) is 5.86. The van der Waals surface area contributed by atoms with Crippen LogP contribution >= 0.6 is 0 Å². The van der Waals surface area contributed by atoms with Gasteiger partial charge in [0.1, 0.15) is 11.4 Å². The lowest BCUT2D eigenvalue weighted by Gasteiger charge is -2.29. The van der Waals surface area contributed by atoms with E-state index in [1.54, 1.807) is 6.07 Å². The summed E-state index contributed by atoms with van der Waals surface area (Å²) in [5.41, 5.74) is 3.50. The first-order valence-corrected chi connectivity index (χ1v) is 12.7. The van der Waals surface area contributed by atoms with Crippen molar-refractivity contribution >= 4 is 17.5 Å². The van der Waals surface area contributed by atoms with Crippen molar-refractivity contribution in [2.45, 2.75) is 45.1 Å². The molecule has 0 aromatic heterocycles. The topological polar surface area (TPSA) is 41.9 Å². The second-order valence-electron chi connectivity index (χ2n) is 10.9. The molecule has 0 N–H and O–H groups in total. The van der Waals surface area contributed by atoms with Gasteiger partial charge in [-0.15, -0.1) is 0 Å². The van der Waals surface area contributed by atoms with Crippen LogP contribution in [0.1, 0.15) is 50.8 Å². The molecule has 1 aliphatic carbocycles. The summed E-state index contributed by atoms with van der Waals surface area (Å²) in [5, 5.41) is 0. The standard InChI is InChI=1S/C31H33FN2O2/c1-5-31(24-19-34(20-25(24)31)29(35)36-30(2,3)4)23-16-17-26(32)27(18-23)33-28(21-12-8-6-9-13-21)22-14-10-7-11-15-22/h6-18,24-25H,5,19-20H2,1-4H3. The van der Waals surface area contributed by atoms with Crippen LogP contribution in [-0.4, -0.2) is 35.4 Å². The van der Waals surface area contributed by atoms with Crippen LogP contribution in [-0.2, 0) is 10.2 Å². The lowest BCUT2D eigenvalue weighted by Crippen LogP contribution is -2.39. The van der Waals surface area contributed by atoms with Gasteiger partial charge in [-0.2, -0.15) is 0 Å². The number of aliphatic imine (C=N–C) groups is 1. The van der Waals surface area contributed by atoms with E-state index in [4.69, 9.17) is 9.73 Å². The van der Waals surface area contributed by atoms with Gasteiger partial charge in [-0.3, -0.25) is 0 Å². The van der Waals surface area contributed by atoms with Gasteiger partial charge in [-0.1, -0.05) is 73.7 Å². The molecule has 5 heteroatoms. The first kappa shape index (κ1) is 24.2. The number of amides is 1. The molecule has 4 nitrogen and oxygen atoms in total. The molecule has 5 rings (SSSR count). The minimum atomic E-state index is -0.509. The van der Waals surface area contributed by atoms with Crippen molar-refractivity contribution in [3.8, 4) is 0 Å². The number of hydrogen-bond acceptors (Lipinski definition) is 3. The van der Waals surface area contributed by atoms with Gasteiger partial charge in [-0.25, -0.2) is 14.2 Å². The van der Waals surface area contributed by atoms with Gasteiger partial charge in [0.2, 0.25) is 0 Å². The Labute approximate surface area is 212 Å². The highest BCUT2D eigenvalue weighted by Gasteiger charge is 2.68. The first-order valence-electron chi connectivity index (χ1n) is 12.7. The van der Waals surface area contributed by atoms with E-state index in [0.717, 1.165) is 28.8 Å². The van der Waals surface area contributed by atoms with Crippen LogP contribution in [0.2, 0.25) is 0 Å². The molecule has 3 aromatic carbocycles. The van der Waals surface area contributed by atoms with E-state index in [2.05, 4.69) is 6.92 Å². The van der Waals surface area contributed by atoms with Gasteiger partial charge in [-0.05, 0) is 56.7 Å². The smallest absolute Gasteiger partial charge is 0.410 e. The molecule has 2 fully saturated rings. The molecule has 1 amide bonds. The number of benzene rings is 3. The van der Waals surface area contributed by atoms with Crippen molar-refractivity contribution < 1.29 is 13.9 Å². The maximum atomic E-state index is 15.1. The summed E-state index contributed by atoms with van der Waals surface area (Å²) in [5.74, 6) is 0.357. The fraction of sp³-hybridized carbons (Fsp3) is 0.355. The lowest BCUT2D eigenvalue weighted by molar-refractivity contribution is 0.0260. The highest BCUT2D eigenvalue weighted by molar-refractivity contribution is 6.13. The highest BCUT2D eigenvalue weighted by atomic mass is 19.1. The number of carbonyl (C=O) groups excluding carboxylic acids is 1. The number of piperidine rings is 1. The maximum Gasteiger partial charge on any atom is 0.410 e. The Balaban J connectivity index is 1.46. The summed E-state index contributed by atoms with van der Waals surface area (Å²) in [7, 11) is 0. The zero-order valence-corrected chi connectivity index (χ0v) is 21.4. The van der Waals surface area contributed by atoms with Gasteiger partial charge in [0.15, 0.2) is 0 Å². The number of hydrogen-bond donors (Lipinski definition) is 0. The fourth-order valence-electron chi connectivity index (χ4n) is 5.86. The van der Waals surface area contributed by atoms with Gasteiger partial charge in [0, 0.05) is 29.6 Å². The van der Waals surface area contributed by atoms with Crippen LogP contribution in [0.25, 0.3) is 0 Å². The second-order valence-corrected chi connectivity index (χ2v) is 10.9. The number of fused-ring (bicyclic) bond motifs is 1. The van der Waals surface area contributed by atoms with E-state index in [-0.39, 0.29) is 17.3 Å². The second kappa shape index (κ2) is 9.20. The minimum absolute atomic E-state index is 0.0594. The Morgan fingerprint density at radius 3 is 2.03 bits per heavy atom. The Hall–Kier alpha value is -3.47. The van der Waals surface area contributed by atoms with Crippen molar-refractivity contribution in [2.75, 3.05) is 13.1 Å². The number of ether oxygens (including phenoxy) is 1. The van der Waals surface area contributed by atoms with Crippen LogP contribution < -0.4 is 0 Å². The van der Waals surface area contributed by atoms with E-state index in [9.17, 15) is 4.79 Å². The maximum absolute atomic E-state index is 15.1. The lowest BCUT2D eigenvalue weighted by atomic mass is 9.87. The number of nitrogens with zero attached hydrogens (tertiary/aromatic N) is 2. The van der Waals surface area contributed by atoms with E-state index in [1.807, 2.05) is 98.5 Å². The Morgan fingerprint density at radius 1 is 0.972 bits per heavy atom. The van der Waals surface area contributed by atoms with E-state index >= 15 is 4.39 Å². The number of halogens is 1. The molecule has 2 unspecified atom stereocenters. The Kier molecular flexibility index (Phi) is 6.19. The molecule has 36 heavy (non-hydrogen) atoms. The number of carbonyl (C=O) groups is 1. The van der Waals surface area contributed by atoms with Gasteiger partial charge in [0.05, 0.1) is 11.4 Å². The number of rotatable bonds is 5. The first-order chi connectivity index (χ1) is 17.2. The molecule has 3 aromatic rings. The van der Waals surface area contributed by atoms with Crippen molar-refractivity contribution in [3.05, 3.63) is 101 Å². The van der Waals surface area contributed by atoms with Gasteiger partial charge >= 0.3 is 6.09 Å². The van der Waals surface area contributed by atoms with Crippen LogP contribution in [0.15, 0.2) is 83.9 Å². The third-order valence-electron chi connectivity index (χ3n) is 7.58. The average molecular weight is 485 g/mol. The molecule has 1 saturated heterocycles. The van der Waals surface area contributed by atoms with E-state index in [1.165, 1.54) is 0 Å².